The molecule has 0 unspecified atom stereocenters. The van der Waals surface area contributed by atoms with Gasteiger partial charge in [-0.2, -0.15) is 5.10 Å². The van der Waals surface area contributed by atoms with Gasteiger partial charge in [-0.25, -0.2) is 4.39 Å². The highest BCUT2D eigenvalue weighted by atomic mass is 19.1. The number of nitrogens with two attached hydrogens (primary N) is 1. The topological polar surface area (TPSA) is 72.9 Å². The van der Waals surface area contributed by atoms with Crippen LogP contribution in [0.3, 0.4) is 0 Å². The minimum absolute atomic E-state index is 0.284. The summed E-state index contributed by atoms with van der Waals surface area (Å²) in [6.07, 6.45) is 1.74. The smallest absolute Gasteiger partial charge is 0.257 e. The van der Waals surface area contributed by atoms with Crippen molar-refractivity contribution in [2.75, 3.05) is 5.32 Å². The predicted molar refractivity (Wildman–Crippen MR) is 70.2 cm³/mol. The van der Waals surface area contributed by atoms with Crippen LogP contribution in [0.2, 0.25) is 0 Å². The Labute approximate surface area is 110 Å². The van der Waals surface area contributed by atoms with Crippen molar-refractivity contribution in [2.24, 2.45) is 12.8 Å². The van der Waals surface area contributed by atoms with Gasteiger partial charge in [0, 0.05) is 30.9 Å². The third-order valence-corrected chi connectivity index (χ3v) is 2.79. The van der Waals surface area contributed by atoms with E-state index in [0.717, 1.165) is 5.56 Å². The summed E-state index contributed by atoms with van der Waals surface area (Å²) in [6.45, 7) is 1.96. The molecule has 100 valence electrons. The molecule has 0 saturated carbocycles. The first-order chi connectivity index (χ1) is 9.01. The van der Waals surface area contributed by atoms with Crippen molar-refractivity contribution in [3.63, 3.8) is 0 Å². The third kappa shape index (κ3) is 2.79. The molecule has 0 aliphatic heterocycles. The largest absolute Gasteiger partial charge is 0.326 e. The standard InChI is InChI=1S/C13H15FN4O/c1-8-5-10(14)3-4-11(8)13(19)16-12-9(6-15)7-18(2)17-12/h3-5,7H,6,15H2,1-2H3,(H,16,17,19). The first-order valence-electron chi connectivity index (χ1n) is 5.81. The zero-order valence-corrected chi connectivity index (χ0v) is 10.8. The van der Waals surface area contributed by atoms with Crippen molar-refractivity contribution < 1.29 is 9.18 Å². The number of carbonyl (C=O) groups excluding carboxylic acids is 1. The van der Waals surface area contributed by atoms with Gasteiger partial charge in [-0.3, -0.25) is 9.48 Å². The summed E-state index contributed by atoms with van der Waals surface area (Å²) in [5, 5.41) is 6.81. The summed E-state index contributed by atoms with van der Waals surface area (Å²) in [4.78, 5) is 12.1. The van der Waals surface area contributed by atoms with Gasteiger partial charge in [0.1, 0.15) is 5.82 Å². The summed E-state index contributed by atoms with van der Waals surface area (Å²) in [6, 6.07) is 4.02. The normalized spacial score (nSPS) is 10.5. The number of halogens is 1. The van der Waals surface area contributed by atoms with Gasteiger partial charge in [-0.05, 0) is 30.7 Å². The number of hydrogen-bond donors (Lipinski definition) is 2. The molecule has 1 aromatic heterocycles. The Morgan fingerprint density at radius 2 is 2.26 bits per heavy atom. The fraction of sp³-hybridized carbons (Fsp3) is 0.231. The third-order valence-electron chi connectivity index (χ3n) is 2.79. The molecule has 0 radical (unpaired) electrons. The van der Waals surface area contributed by atoms with Gasteiger partial charge in [0.15, 0.2) is 5.82 Å². The van der Waals surface area contributed by atoms with Crippen LogP contribution in [0.5, 0.6) is 0 Å². The van der Waals surface area contributed by atoms with Crippen LogP contribution in [0.4, 0.5) is 10.2 Å². The molecule has 3 N–H and O–H groups in total. The lowest BCUT2D eigenvalue weighted by Crippen LogP contribution is -2.15. The molecule has 6 heteroatoms. The Balaban J connectivity index is 2.25. The molecule has 0 saturated heterocycles. The molecule has 1 aromatic carbocycles. The maximum absolute atomic E-state index is 13.0. The maximum atomic E-state index is 13.0. The molecule has 0 fully saturated rings. The van der Waals surface area contributed by atoms with E-state index in [-0.39, 0.29) is 18.3 Å². The molecular weight excluding hydrogens is 247 g/mol. The van der Waals surface area contributed by atoms with Crippen LogP contribution in [-0.2, 0) is 13.6 Å². The Kier molecular flexibility index (Phi) is 3.62. The number of carbonyl (C=O) groups is 1. The minimum atomic E-state index is -0.366. The zero-order valence-electron chi connectivity index (χ0n) is 10.8. The van der Waals surface area contributed by atoms with Gasteiger partial charge in [0.25, 0.3) is 5.91 Å². The molecule has 2 rings (SSSR count). The number of nitrogens with zero attached hydrogens (tertiary/aromatic N) is 2. The van der Waals surface area contributed by atoms with E-state index >= 15 is 0 Å². The Bertz CT molecular complexity index is 621. The van der Waals surface area contributed by atoms with Crippen molar-refractivity contribution in [3.05, 3.63) is 46.9 Å². The fourth-order valence-corrected chi connectivity index (χ4v) is 1.85. The molecule has 1 amide bonds. The van der Waals surface area contributed by atoms with Gasteiger partial charge in [0.2, 0.25) is 0 Å². The summed E-state index contributed by atoms with van der Waals surface area (Å²) < 4.78 is 14.6. The average molecular weight is 262 g/mol. The van der Waals surface area contributed by atoms with E-state index in [0.29, 0.717) is 16.9 Å². The lowest BCUT2D eigenvalue weighted by Gasteiger charge is -2.06. The second kappa shape index (κ2) is 5.19. The van der Waals surface area contributed by atoms with Gasteiger partial charge >= 0.3 is 0 Å². The highest BCUT2D eigenvalue weighted by molar-refractivity contribution is 6.05. The molecule has 0 aliphatic carbocycles. The van der Waals surface area contributed by atoms with Crippen LogP contribution in [-0.4, -0.2) is 15.7 Å². The predicted octanol–water partition coefficient (Wildman–Crippen LogP) is 1.58. The van der Waals surface area contributed by atoms with Crippen molar-refractivity contribution >= 4 is 11.7 Å². The van der Waals surface area contributed by atoms with E-state index in [2.05, 4.69) is 10.4 Å². The lowest BCUT2D eigenvalue weighted by molar-refractivity contribution is 0.102. The second-order valence-corrected chi connectivity index (χ2v) is 4.29. The van der Waals surface area contributed by atoms with Gasteiger partial charge in [-0.15, -0.1) is 0 Å². The second-order valence-electron chi connectivity index (χ2n) is 4.29. The first kappa shape index (κ1) is 13.2. The number of hydrogen-bond acceptors (Lipinski definition) is 3. The molecule has 0 atom stereocenters. The zero-order chi connectivity index (χ0) is 14.0. The van der Waals surface area contributed by atoms with E-state index in [1.54, 1.807) is 24.9 Å². The number of aryl methyl sites for hydroxylation is 2. The fourth-order valence-electron chi connectivity index (χ4n) is 1.85. The first-order valence-corrected chi connectivity index (χ1v) is 5.81. The molecule has 0 aliphatic rings. The van der Waals surface area contributed by atoms with E-state index in [4.69, 9.17) is 5.73 Å². The molecule has 0 bridgehead atoms. The van der Waals surface area contributed by atoms with E-state index in [9.17, 15) is 9.18 Å². The van der Waals surface area contributed by atoms with Crippen LogP contribution >= 0.6 is 0 Å². The molecule has 0 spiro atoms. The highest BCUT2D eigenvalue weighted by Gasteiger charge is 2.13. The Morgan fingerprint density at radius 1 is 1.53 bits per heavy atom. The van der Waals surface area contributed by atoms with Crippen molar-refractivity contribution in [1.82, 2.24) is 9.78 Å². The van der Waals surface area contributed by atoms with Crippen molar-refractivity contribution in [3.8, 4) is 0 Å². The minimum Gasteiger partial charge on any atom is -0.326 e. The number of aromatic nitrogens is 2. The number of anilines is 1. The van der Waals surface area contributed by atoms with Crippen molar-refractivity contribution in [1.29, 1.82) is 0 Å². The van der Waals surface area contributed by atoms with Crippen LogP contribution in [0, 0.1) is 12.7 Å². The lowest BCUT2D eigenvalue weighted by atomic mass is 10.1. The molecule has 1 heterocycles. The highest BCUT2D eigenvalue weighted by Crippen LogP contribution is 2.15. The van der Waals surface area contributed by atoms with Crippen LogP contribution in [0.1, 0.15) is 21.5 Å². The monoisotopic (exact) mass is 262 g/mol. The van der Waals surface area contributed by atoms with Crippen LogP contribution in [0.25, 0.3) is 0 Å². The summed E-state index contributed by atoms with van der Waals surface area (Å²) in [7, 11) is 1.75. The molecular formula is C13H15FN4O. The summed E-state index contributed by atoms with van der Waals surface area (Å²) >= 11 is 0. The summed E-state index contributed by atoms with van der Waals surface area (Å²) in [5.41, 5.74) is 7.30. The average Bonchev–Trinajstić information content (AvgIpc) is 2.69. The van der Waals surface area contributed by atoms with Gasteiger partial charge < -0.3 is 11.1 Å². The Hall–Kier alpha value is -2.21. The maximum Gasteiger partial charge on any atom is 0.257 e. The van der Waals surface area contributed by atoms with Crippen LogP contribution < -0.4 is 11.1 Å². The summed E-state index contributed by atoms with van der Waals surface area (Å²) in [5.74, 6) is -0.265. The van der Waals surface area contributed by atoms with Gasteiger partial charge in [0.05, 0.1) is 0 Å². The molecule has 5 nitrogen and oxygen atoms in total. The Morgan fingerprint density at radius 3 is 2.89 bits per heavy atom. The van der Waals surface area contributed by atoms with Crippen molar-refractivity contribution in [2.45, 2.75) is 13.5 Å². The van der Waals surface area contributed by atoms with E-state index < -0.39 is 0 Å². The SMILES string of the molecule is Cc1cc(F)ccc1C(=O)Nc1nn(C)cc1CN. The number of amides is 1. The van der Waals surface area contributed by atoms with E-state index in [1.165, 1.54) is 18.2 Å². The number of rotatable bonds is 3. The van der Waals surface area contributed by atoms with Gasteiger partial charge in [-0.1, -0.05) is 0 Å². The van der Waals surface area contributed by atoms with E-state index in [1.807, 2.05) is 0 Å². The number of nitrogens with one attached hydrogen (secondary N) is 1. The quantitative estimate of drug-likeness (QED) is 0.882. The molecule has 19 heavy (non-hydrogen) atoms. The molecule has 2 aromatic rings. The van der Waals surface area contributed by atoms with Crippen LogP contribution in [0.15, 0.2) is 24.4 Å². The number of benzene rings is 1.